The number of hydrogen-bond donors (Lipinski definition) is 0. The zero-order valence-electron chi connectivity index (χ0n) is 8.52. The summed E-state index contributed by atoms with van der Waals surface area (Å²) < 4.78 is 0. The minimum Gasteiger partial charge on any atom is -0.296 e. The van der Waals surface area contributed by atoms with Crippen molar-refractivity contribution in [2.24, 2.45) is 5.92 Å². The lowest BCUT2D eigenvalue weighted by Crippen LogP contribution is -2.31. The fraction of sp³-hybridized carbons (Fsp3) is 0.538. The highest BCUT2D eigenvalue weighted by Gasteiger charge is 2.43. The quantitative estimate of drug-likeness (QED) is 0.688. The van der Waals surface area contributed by atoms with Gasteiger partial charge in [0.2, 0.25) is 0 Å². The van der Waals surface area contributed by atoms with Crippen LogP contribution < -0.4 is 0 Å². The number of hydrogen-bond acceptors (Lipinski definition) is 1. The monoisotopic (exact) mass is 187 g/mol. The van der Waals surface area contributed by atoms with Crippen LogP contribution in [0.5, 0.6) is 0 Å². The van der Waals surface area contributed by atoms with Crippen molar-refractivity contribution < 1.29 is 0 Å². The third-order valence-electron chi connectivity index (χ3n) is 3.60. The molecule has 2 unspecified atom stereocenters. The first kappa shape index (κ1) is 8.49. The van der Waals surface area contributed by atoms with Crippen LogP contribution in [0.15, 0.2) is 30.3 Å². The SMILES string of the molecule is c1ccc(CN2CCCC3CC32)cc1. The van der Waals surface area contributed by atoms with Crippen molar-refractivity contribution in [2.75, 3.05) is 6.54 Å². The first-order valence-corrected chi connectivity index (χ1v) is 5.71. The molecule has 1 nitrogen and oxygen atoms in total. The number of piperidine rings is 1. The van der Waals surface area contributed by atoms with Gasteiger partial charge in [-0.2, -0.15) is 0 Å². The molecule has 1 aromatic rings. The van der Waals surface area contributed by atoms with Gasteiger partial charge in [-0.15, -0.1) is 0 Å². The van der Waals surface area contributed by atoms with E-state index in [1.807, 2.05) is 0 Å². The molecule has 1 aliphatic carbocycles. The molecule has 0 amide bonds. The Kier molecular flexibility index (Phi) is 2.06. The molecular weight excluding hydrogens is 170 g/mol. The molecule has 1 heteroatoms. The lowest BCUT2D eigenvalue weighted by molar-refractivity contribution is 0.207. The Bertz CT molecular complexity index is 306. The third kappa shape index (κ3) is 1.57. The maximum Gasteiger partial charge on any atom is 0.0236 e. The molecule has 2 atom stereocenters. The molecule has 3 rings (SSSR count). The first-order chi connectivity index (χ1) is 6.93. The zero-order valence-corrected chi connectivity index (χ0v) is 8.52. The van der Waals surface area contributed by atoms with Crippen LogP contribution in [0.25, 0.3) is 0 Å². The molecule has 0 radical (unpaired) electrons. The predicted molar refractivity (Wildman–Crippen MR) is 58.0 cm³/mol. The molecule has 1 saturated carbocycles. The maximum absolute atomic E-state index is 2.67. The maximum atomic E-state index is 2.67. The van der Waals surface area contributed by atoms with Crippen molar-refractivity contribution in [3.63, 3.8) is 0 Å². The normalized spacial score (nSPS) is 31.1. The fourth-order valence-corrected chi connectivity index (χ4v) is 2.73. The van der Waals surface area contributed by atoms with Crippen LogP contribution in [0.3, 0.4) is 0 Å². The average Bonchev–Trinajstić information content (AvgIpc) is 2.99. The Balaban J connectivity index is 1.67. The fourth-order valence-electron chi connectivity index (χ4n) is 2.73. The molecule has 0 spiro atoms. The standard InChI is InChI=1S/C13H17N/c1-2-5-11(6-3-1)10-14-8-4-7-12-9-13(12)14/h1-3,5-6,12-13H,4,7-10H2. The number of fused-ring (bicyclic) bond motifs is 1. The summed E-state index contributed by atoms with van der Waals surface area (Å²) in [6, 6.07) is 11.8. The molecule has 0 bridgehead atoms. The van der Waals surface area contributed by atoms with Crippen molar-refractivity contribution in [1.29, 1.82) is 0 Å². The van der Waals surface area contributed by atoms with Crippen LogP contribution in [0.4, 0.5) is 0 Å². The molecular formula is C13H17N. The zero-order chi connectivity index (χ0) is 9.38. The van der Waals surface area contributed by atoms with E-state index >= 15 is 0 Å². The summed E-state index contributed by atoms with van der Waals surface area (Å²) in [5, 5.41) is 0. The molecule has 2 fully saturated rings. The lowest BCUT2D eigenvalue weighted by atomic mass is 10.1. The molecule has 2 aliphatic rings. The van der Waals surface area contributed by atoms with E-state index in [1.165, 1.54) is 37.9 Å². The molecule has 74 valence electrons. The molecule has 1 heterocycles. The third-order valence-corrected chi connectivity index (χ3v) is 3.60. The van der Waals surface area contributed by atoms with Gasteiger partial charge in [-0.25, -0.2) is 0 Å². The Morgan fingerprint density at radius 1 is 1.21 bits per heavy atom. The number of nitrogens with zero attached hydrogens (tertiary/aromatic N) is 1. The molecule has 1 aliphatic heterocycles. The second-order valence-corrected chi connectivity index (χ2v) is 4.66. The van der Waals surface area contributed by atoms with Gasteiger partial charge in [0.05, 0.1) is 0 Å². The van der Waals surface area contributed by atoms with Gasteiger partial charge < -0.3 is 0 Å². The van der Waals surface area contributed by atoms with Gasteiger partial charge in [0, 0.05) is 12.6 Å². The summed E-state index contributed by atoms with van der Waals surface area (Å²) in [6.45, 7) is 2.48. The van der Waals surface area contributed by atoms with Gasteiger partial charge in [-0.3, -0.25) is 4.90 Å². The highest BCUT2D eigenvalue weighted by Crippen LogP contribution is 2.43. The Hall–Kier alpha value is -0.820. The summed E-state index contributed by atoms with van der Waals surface area (Å²) >= 11 is 0. The smallest absolute Gasteiger partial charge is 0.0236 e. The second kappa shape index (κ2) is 3.39. The number of rotatable bonds is 2. The Labute approximate surface area is 85.7 Å². The highest BCUT2D eigenvalue weighted by atomic mass is 15.2. The van der Waals surface area contributed by atoms with Gasteiger partial charge in [-0.1, -0.05) is 30.3 Å². The van der Waals surface area contributed by atoms with Crippen LogP contribution in [0.1, 0.15) is 24.8 Å². The molecule has 1 aromatic carbocycles. The van der Waals surface area contributed by atoms with E-state index in [-0.39, 0.29) is 0 Å². The van der Waals surface area contributed by atoms with Gasteiger partial charge in [0.1, 0.15) is 0 Å². The van der Waals surface area contributed by atoms with Gasteiger partial charge in [0.15, 0.2) is 0 Å². The molecule has 1 saturated heterocycles. The van der Waals surface area contributed by atoms with Crippen LogP contribution in [-0.4, -0.2) is 17.5 Å². The van der Waals surface area contributed by atoms with Crippen LogP contribution in [0.2, 0.25) is 0 Å². The topological polar surface area (TPSA) is 3.24 Å². The van der Waals surface area contributed by atoms with E-state index in [9.17, 15) is 0 Å². The van der Waals surface area contributed by atoms with Gasteiger partial charge in [-0.05, 0) is 37.3 Å². The van der Waals surface area contributed by atoms with E-state index in [1.54, 1.807) is 0 Å². The lowest BCUT2D eigenvalue weighted by Gasteiger charge is -2.26. The van der Waals surface area contributed by atoms with E-state index in [2.05, 4.69) is 35.2 Å². The Morgan fingerprint density at radius 3 is 2.93 bits per heavy atom. The minimum absolute atomic E-state index is 0.934. The van der Waals surface area contributed by atoms with Crippen LogP contribution in [-0.2, 0) is 6.54 Å². The largest absolute Gasteiger partial charge is 0.296 e. The summed E-state index contributed by atoms with van der Waals surface area (Å²) in [7, 11) is 0. The van der Waals surface area contributed by atoms with Crippen molar-refractivity contribution in [3.05, 3.63) is 35.9 Å². The summed E-state index contributed by atoms with van der Waals surface area (Å²) in [4.78, 5) is 2.67. The van der Waals surface area contributed by atoms with Crippen LogP contribution in [0, 0.1) is 5.92 Å². The van der Waals surface area contributed by atoms with Gasteiger partial charge >= 0.3 is 0 Å². The van der Waals surface area contributed by atoms with Crippen molar-refractivity contribution in [2.45, 2.75) is 31.8 Å². The van der Waals surface area contributed by atoms with Crippen molar-refractivity contribution in [1.82, 2.24) is 4.90 Å². The van der Waals surface area contributed by atoms with Crippen LogP contribution >= 0.6 is 0 Å². The number of likely N-dealkylation sites (tertiary alicyclic amines) is 1. The molecule has 0 N–H and O–H groups in total. The van der Waals surface area contributed by atoms with E-state index in [4.69, 9.17) is 0 Å². The summed E-state index contributed by atoms with van der Waals surface area (Å²) in [6.07, 6.45) is 4.36. The molecule has 14 heavy (non-hydrogen) atoms. The van der Waals surface area contributed by atoms with Gasteiger partial charge in [0.25, 0.3) is 0 Å². The summed E-state index contributed by atoms with van der Waals surface area (Å²) in [5.41, 5.74) is 1.47. The number of benzene rings is 1. The predicted octanol–water partition coefficient (Wildman–Crippen LogP) is 2.67. The molecule has 0 aromatic heterocycles. The van der Waals surface area contributed by atoms with E-state index in [0.29, 0.717) is 0 Å². The highest BCUT2D eigenvalue weighted by molar-refractivity contribution is 5.15. The van der Waals surface area contributed by atoms with E-state index in [0.717, 1.165) is 12.0 Å². The van der Waals surface area contributed by atoms with Crippen molar-refractivity contribution >= 4 is 0 Å². The average molecular weight is 187 g/mol. The van der Waals surface area contributed by atoms with E-state index < -0.39 is 0 Å². The van der Waals surface area contributed by atoms with Crippen molar-refractivity contribution in [3.8, 4) is 0 Å². The Morgan fingerprint density at radius 2 is 2.07 bits per heavy atom. The first-order valence-electron chi connectivity index (χ1n) is 5.71. The summed E-state index contributed by atoms with van der Waals surface area (Å²) in [5.74, 6) is 1.05. The minimum atomic E-state index is 0.934. The second-order valence-electron chi connectivity index (χ2n) is 4.66.